The summed E-state index contributed by atoms with van der Waals surface area (Å²) in [6.07, 6.45) is 0. The van der Waals surface area contributed by atoms with Crippen molar-refractivity contribution in [3.05, 3.63) is 249 Å². The highest BCUT2D eigenvalue weighted by Gasteiger charge is 2.35. The van der Waals surface area contributed by atoms with Gasteiger partial charge in [0.2, 0.25) is 0 Å². The van der Waals surface area contributed by atoms with E-state index in [9.17, 15) is 0 Å². The van der Waals surface area contributed by atoms with Crippen molar-refractivity contribution in [2.24, 2.45) is 21.1 Å². The first kappa shape index (κ1) is 63.2. The fourth-order valence-corrected chi connectivity index (χ4v) is 13.9. The molecule has 0 bridgehead atoms. The van der Waals surface area contributed by atoms with Crippen molar-refractivity contribution >= 4 is 33.1 Å². The van der Waals surface area contributed by atoms with Crippen LogP contribution in [-0.4, -0.2) is 13.7 Å². The van der Waals surface area contributed by atoms with E-state index in [1.807, 2.05) is 71.9 Å². The number of rotatable bonds is 14. The van der Waals surface area contributed by atoms with Crippen LogP contribution in [0.1, 0.15) is 223 Å². The summed E-state index contributed by atoms with van der Waals surface area (Å²) in [6.45, 7) is 40.9. The van der Waals surface area contributed by atoms with Gasteiger partial charge in [-0.25, -0.2) is 13.7 Å². The molecule has 0 saturated heterocycles. The molecule has 0 N–H and O–H groups in total. The fourth-order valence-electron chi connectivity index (χ4n) is 13.9. The smallest absolute Gasteiger partial charge is 0.225 e. The van der Waals surface area contributed by atoms with E-state index in [-0.39, 0.29) is 0 Å². The molecule has 6 nitrogen and oxygen atoms in total. The third kappa shape index (κ3) is 12.8. The number of benzene rings is 9. The summed E-state index contributed by atoms with van der Waals surface area (Å²) in [7, 11) is 6.47. The molecule has 3 heterocycles. The summed E-state index contributed by atoms with van der Waals surface area (Å²) < 4.78 is 41.3. The molecule has 0 aliphatic rings. The predicted octanol–water partition coefficient (Wildman–Crippen LogP) is 22.3. The van der Waals surface area contributed by atoms with E-state index in [0.717, 1.165) is 50.4 Å². The highest BCUT2D eigenvalue weighted by molar-refractivity contribution is 5.84. The molecule has 0 radical (unpaired) electrons. The molecule has 0 spiro atoms. The van der Waals surface area contributed by atoms with E-state index in [4.69, 9.17) is 4.11 Å². The lowest BCUT2D eigenvalue weighted by Crippen LogP contribution is -2.30. The van der Waals surface area contributed by atoms with Crippen molar-refractivity contribution in [1.29, 1.82) is 0 Å². The minimum absolute atomic E-state index is 0.428. The first-order chi connectivity index (χ1) is 45.3. The second-order valence-corrected chi connectivity index (χ2v) is 28.1. The third-order valence-electron chi connectivity index (χ3n) is 19.1. The van der Waals surface area contributed by atoms with Crippen LogP contribution >= 0.6 is 0 Å². The molecular weight excluding hydrogens is 1130 g/mol. The van der Waals surface area contributed by atoms with E-state index >= 15 is 0 Å². The molecule has 9 aromatic carbocycles. The number of hydrogen-bond acceptors (Lipinski definition) is 0. The average Bonchev–Trinajstić information content (AvgIpc) is 1.40. The fraction of sp³-hybridized carbons (Fsp3) is 0.345. The summed E-state index contributed by atoms with van der Waals surface area (Å²) >= 11 is 0. The van der Waals surface area contributed by atoms with E-state index in [1.54, 1.807) is 0 Å². The lowest BCUT2D eigenvalue weighted by Gasteiger charge is -2.21. The van der Waals surface area contributed by atoms with Crippen molar-refractivity contribution in [3.8, 4) is 51.2 Å². The number of aryl methyl sites for hydroxylation is 6. The van der Waals surface area contributed by atoms with Gasteiger partial charge in [0.1, 0.15) is 17.1 Å². The van der Waals surface area contributed by atoms with E-state index in [0.29, 0.717) is 29.6 Å². The summed E-state index contributed by atoms with van der Waals surface area (Å²) in [5.74, 6) is 3.01. The van der Waals surface area contributed by atoms with Gasteiger partial charge in [0, 0.05) is 37.5 Å². The van der Waals surface area contributed by atoms with Crippen LogP contribution in [0, 0.1) is 20.8 Å². The van der Waals surface area contributed by atoms with Crippen molar-refractivity contribution < 1.29 is 17.8 Å². The van der Waals surface area contributed by atoms with Gasteiger partial charge in [0.25, 0.3) is 17.5 Å². The minimum atomic E-state index is -0.941. The van der Waals surface area contributed by atoms with Gasteiger partial charge in [-0.1, -0.05) is 244 Å². The van der Waals surface area contributed by atoms with Crippen LogP contribution in [-0.2, 0) is 21.1 Å². The van der Waals surface area contributed by atoms with Crippen molar-refractivity contribution in [3.63, 3.8) is 0 Å². The third-order valence-corrected chi connectivity index (χ3v) is 19.1. The van der Waals surface area contributed by atoms with Gasteiger partial charge in [-0.3, -0.25) is 0 Å². The number of imidazole rings is 3. The summed E-state index contributed by atoms with van der Waals surface area (Å²) in [4.78, 5) is 0. The number of hydrogen-bond donors (Lipinski definition) is 0. The van der Waals surface area contributed by atoms with E-state index in [2.05, 4.69) is 296 Å². The van der Waals surface area contributed by atoms with Gasteiger partial charge in [-0.05, 0) is 150 Å². The first-order valence-electron chi connectivity index (χ1n) is 35.4. The van der Waals surface area contributed by atoms with Crippen molar-refractivity contribution in [2.45, 2.75) is 179 Å². The molecular formula is C87H105N6+3. The molecule has 0 amide bonds. The number of para-hydroxylation sites is 7. The minimum Gasteiger partial charge on any atom is -0.225 e. The van der Waals surface area contributed by atoms with Crippen LogP contribution in [0.25, 0.3) is 84.3 Å². The molecule has 0 atom stereocenters. The van der Waals surface area contributed by atoms with Crippen LogP contribution in [0.15, 0.2) is 188 Å². The van der Waals surface area contributed by atoms with Crippen LogP contribution in [0.2, 0.25) is 0 Å². The summed E-state index contributed by atoms with van der Waals surface area (Å²) in [5, 5.41) is 0. The van der Waals surface area contributed by atoms with Crippen LogP contribution in [0.4, 0.5) is 0 Å². The second kappa shape index (κ2) is 27.9. The maximum absolute atomic E-state index is 9.16. The molecule has 0 aliphatic heterocycles. The second-order valence-electron chi connectivity index (χ2n) is 28.1. The van der Waals surface area contributed by atoms with Gasteiger partial charge in [0.15, 0.2) is 33.1 Å². The van der Waals surface area contributed by atoms with Gasteiger partial charge in [-0.15, -0.1) is 0 Å². The normalized spacial score (nSPS) is 12.7. The zero-order valence-corrected chi connectivity index (χ0v) is 60.0. The average molecular weight is 1240 g/mol. The SMILES string of the molecule is Cc1ccccc1-c1n(-c2c(C(C)C)cc(C(C)C)cc2C(C)C)c2ccccc2[n+]1C.Cc1ccccc1-c1n(-c2c(C(C)C)cccc2C(C)C)c2ccccc2[n+]1C.[2H]C(C)(C)c1cc(C([2H])(C)C)c(-n2c(-c3ccccc3C)[n+](C)c3ccccc32)c(C([2H])(C)C)c1. The molecule has 0 unspecified atom stereocenters. The van der Waals surface area contributed by atoms with E-state index in [1.165, 1.54) is 95.2 Å². The maximum atomic E-state index is 9.16. The van der Waals surface area contributed by atoms with Gasteiger partial charge in [-0.2, -0.15) is 13.7 Å². The molecule has 12 aromatic rings. The lowest BCUT2D eigenvalue weighted by atomic mass is 9.87. The molecule has 93 heavy (non-hydrogen) atoms. The first-order valence-corrected chi connectivity index (χ1v) is 33.9. The van der Waals surface area contributed by atoms with Gasteiger partial charge >= 0.3 is 0 Å². The number of fused-ring (bicyclic) bond motifs is 3. The number of nitrogens with zero attached hydrogens (tertiary/aromatic N) is 6. The predicted molar refractivity (Wildman–Crippen MR) is 397 cm³/mol. The number of aromatic nitrogens is 6. The van der Waals surface area contributed by atoms with Gasteiger partial charge < -0.3 is 0 Å². The van der Waals surface area contributed by atoms with Crippen LogP contribution in [0.3, 0.4) is 0 Å². The molecule has 0 aliphatic carbocycles. The highest BCUT2D eigenvalue weighted by Crippen LogP contribution is 2.43. The maximum Gasteiger partial charge on any atom is 0.295 e. The lowest BCUT2D eigenvalue weighted by molar-refractivity contribution is -0.634. The van der Waals surface area contributed by atoms with Crippen molar-refractivity contribution in [2.75, 3.05) is 0 Å². The quantitative estimate of drug-likeness (QED) is 0.0970. The standard InChI is InChI=1S/2C30H37N2.C27H31N2/c2*1-19(2)23-17-25(20(3)4)29(26(18-23)21(5)6)32-28-16-12-11-15-27(28)31(8)30(32)24-14-10-9-13-22(24)7;1-18(2)21-14-11-15-22(19(3)4)26(21)29-25-17-10-9-16-24(25)28(6)27(29)23-13-8-7-12-20(23)5/h2*9-21H,1-8H3;7-19H,1-6H3/q3*+1/i19D,20D,21D;;. The topological polar surface area (TPSA) is 26.4 Å². The molecule has 0 saturated carbocycles. The van der Waals surface area contributed by atoms with Crippen LogP contribution in [0.5, 0.6) is 0 Å². The Kier molecular flexibility index (Phi) is 19.0. The molecule has 6 heteroatoms. The molecule has 480 valence electrons. The Morgan fingerprint density at radius 3 is 0.828 bits per heavy atom. The highest BCUT2D eigenvalue weighted by atomic mass is 15.2. The summed E-state index contributed by atoms with van der Waals surface area (Å²) in [6, 6.07) is 67.4. The Bertz CT molecular complexity index is 4740. The Morgan fingerprint density at radius 1 is 0.280 bits per heavy atom. The Morgan fingerprint density at radius 2 is 0.548 bits per heavy atom. The monoisotopic (exact) mass is 1240 g/mol. The zero-order chi connectivity index (χ0) is 69.8. The Hall–Kier alpha value is -8.61. The Labute approximate surface area is 562 Å². The molecule has 12 rings (SSSR count). The molecule has 0 fully saturated rings. The zero-order valence-electron chi connectivity index (χ0n) is 63.0. The largest absolute Gasteiger partial charge is 0.295 e. The van der Waals surface area contributed by atoms with Crippen molar-refractivity contribution in [1.82, 2.24) is 13.7 Å². The molecule has 3 aromatic heterocycles. The van der Waals surface area contributed by atoms with E-state index < -0.39 is 17.7 Å². The van der Waals surface area contributed by atoms with Gasteiger partial charge in [0.05, 0.1) is 37.8 Å². The Balaban J connectivity index is 0.000000157. The van der Waals surface area contributed by atoms with Crippen LogP contribution < -0.4 is 13.7 Å². The summed E-state index contributed by atoms with van der Waals surface area (Å²) in [5.41, 5.74) is 27.6.